The molecule has 1 fully saturated rings. The first-order chi connectivity index (χ1) is 13.4. The summed E-state index contributed by atoms with van der Waals surface area (Å²) in [6.07, 6.45) is 0. The fraction of sp³-hybridized carbons (Fsp3) is 0.389. The van der Waals surface area contributed by atoms with Crippen LogP contribution in [-0.4, -0.2) is 65.0 Å². The molecular formula is C18H23BrN4O3S2. The molecule has 1 aromatic carbocycles. The molecule has 152 valence electrons. The minimum Gasteiger partial charge on any atom is -0.369 e. The maximum absolute atomic E-state index is 12.1. The lowest BCUT2D eigenvalue weighted by Crippen LogP contribution is -2.49. The van der Waals surface area contributed by atoms with Crippen molar-refractivity contribution in [3.05, 3.63) is 46.3 Å². The zero-order valence-electron chi connectivity index (χ0n) is 15.3. The fourth-order valence-corrected chi connectivity index (χ4v) is 5.99. The number of piperazine rings is 1. The molecule has 0 saturated carbocycles. The molecule has 0 bridgehead atoms. The molecule has 0 atom stereocenters. The molecule has 2 aromatic rings. The van der Waals surface area contributed by atoms with Crippen molar-refractivity contribution in [1.82, 2.24) is 14.9 Å². The average molecular weight is 487 g/mol. The number of hydrogen-bond donors (Lipinski definition) is 2. The topological polar surface area (TPSA) is 81.7 Å². The number of amides is 1. The van der Waals surface area contributed by atoms with Crippen molar-refractivity contribution in [1.29, 1.82) is 0 Å². The number of hydrogen-bond acceptors (Lipinski definition) is 6. The monoisotopic (exact) mass is 486 g/mol. The van der Waals surface area contributed by atoms with Crippen LogP contribution in [0, 0.1) is 0 Å². The summed E-state index contributed by atoms with van der Waals surface area (Å²) >= 11 is 4.34. The SMILES string of the molecule is O=C(CNS(=O)(=O)c1ccc(Br)s1)NCCN1CCN(c2ccccc2)CC1. The van der Waals surface area contributed by atoms with Gasteiger partial charge in [-0.25, -0.2) is 13.1 Å². The predicted molar refractivity (Wildman–Crippen MR) is 115 cm³/mol. The normalized spacial score (nSPS) is 15.5. The van der Waals surface area contributed by atoms with Crippen LogP contribution in [0.2, 0.25) is 0 Å². The van der Waals surface area contributed by atoms with Gasteiger partial charge < -0.3 is 10.2 Å². The van der Waals surface area contributed by atoms with Crippen molar-refractivity contribution in [3.63, 3.8) is 0 Å². The molecule has 2 N–H and O–H groups in total. The standard InChI is InChI=1S/C18H23BrN4O3S2/c19-16-6-7-18(27-16)28(25,26)21-14-17(24)20-8-9-22-10-12-23(13-11-22)15-4-2-1-3-5-15/h1-7,21H,8-14H2,(H,20,24). The molecule has 1 aliphatic rings. The Hall–Kier alpha value is -1.46. The van der Waals surface area contributed by atoms with Gasteiger partial charge in [-0.3, -0.25) is 9.69 Å². The number of sulfonamides is 1. The second-order valence-electron chi connectivity index (χ2n) is 6.40. The van der Waals surface area contributed by atoms with Gasteiger partial charge in [0, 0.05) is 45.0 Å². The smallest absolute Gasteiger partial charge is 0.250 e. The van der Waals surface area contributed by atoms with Gasteiger partial charge in [-0.15, -0.1) is 11.3 Å². The summed E-state index contributed by atoms with van der Waals surface area (Å²) in [5.41, 5.74) is 1.24. The van der Waals surface area contributed by atoms with E-state index in [9.17, 15) is 13.2 Å². The van der Waals surface area contributed by atoms with E-state index in [1.807, 2.05) is 18.2 Å². The van der Waals surface area contributed by atoms with Crippen molar-refractivity contribution in [2.45, 2.75) is 4.21 Å². The lowest BCUT2D eigenvalue weighted by atomic mass is 10.2. The van der Waals surface area contributed by atoms with Crippen molar-refractivity contribution >= 4 is 48.9 Å². The third kappa shape index (κ3) is 6.02. The predicted octanol–water partition coefficient (Wildman–Crippen LogP) is 1.73. The summed E-state index contributed by atoms with van der Waals surface area (Å²) in [6.45, 7) is 4.76. The molecular weight excluding hydrogens is 464 g/mol. The van der Waals surface area contributed by atoms with Gasteiger partial charge in [0.2, 0.25) is 5.91 Å². The first-order valence-electron chi connectivity index (χ1n) is 8.98. The Morgan fingerprint density at radius 2 is 1.79 bits per heavy atom. The van der Waals surface area contributed by atoms with Crippen LogP contribution in [0.5, 0.6) is 0 Å². The number of nitrogens with zero attached hydrogens (tertiary/aromatic N) is 2. The van der Waals surface area contributed by atoms with Crippen LogP contribution in [0.15, 0.2) is 50.5 Å². The van der Waals surface area contributed by atoms with Crippen LogP contribution in [-0.2, 0) is 14.8 Å². The Morgan fingerprint density at radius 1 is 1.07 bits per heavy atom. The van der Waals surface area contributed by atoms with Crippen LogP contribution >= 0.6 is 27.3 Å². The number of carbonyl (C=O) groups excluding carboxylic acids is 1. The van der Waals surface area contributed by atoms with Gasteiger partial charge in [0.1, 0.15) is 4.21 Å². The molecule has 10 heteroatoms. The van der Waals surface area contributed by atoms with Crippen LogP contribution in [0.25, 0.3) is 0 Å². The van der Waals surface area contributed by atoms with E-state index in [1.165, 1.54) is 11.8 Å². The molecule has 2 heterocycles. The molecule has 0 aliphatic carbocycles. The van der Waals surface area contributed by atoms with Crippen LogP contribution in [0.1, 0.15) is 0 Å². The minimum atomic E-state index is -3.65. The maximum atomic E-state index is 12.1. The van der Waals surface area contributed by atoms with Crippen molar-refractivity contribution in [3.8, 4) is 0 Å². The number of anilines is 1. The molecule has 1 amide bonds. The van der Waals surface area contributed by atoms with Crippen molar-refractivity contribution < 1.29 is 13.2 Å². The molecule has 1 saturated heterocycles. The van der Waals surface area contributed by atoms with Crippen molar-refractivity contribution in [2.75, 3.05) is 50.7 Å². The molecule has 28 heavy (non-hydrogen) atoms. The maximum Gasteiger partial charge on any atom is 0.250 e. The number of nitrogens with one attached hydrogen (secondary N) is 2. The lowest BCUT2D eigenvalue weighted by Gasteiger charge is -2.36. The van der Waals surface area contributed by atoms with Gasteiger partial charge in [0.05, 0.1) is 10.3 Å². The Morgan fingerprint density at radius 3 is 2.43 bits per heavy atom. The fourth-order valence-electron chi connectivity index (χ4n) is 2.96. The Kier molecular flexibility index (Phi) is 7.47. The third-order valence-corrected chi connectivity index (χ3v) is 8.00. The number of rotatable bonds is 8. The molecule has 7 nitrogen and oxygen atoms in total. The highest BCUT2D eigenvalue weighted by Crippen LogP contribution is 2.25. The molecule has 0 spiro atoms. The van der Waals surface area contributed by atoms with E-state index in [0.29, 0.717) is 6.54 Å². The quantitative estimate of drug-likeness (QED) is 0.593. The van der Waals surface area contributed by atoms with Gasteiger partial charge in [0.15, 0.2) is 0 Å². The van der Waals surface area contributed by atoms with E-state index in [1.54, 1.807) is 6.07 Å². The molecule has 3 rings (SSSR count). The highest BCUT2D eigenvalue weighted by atomic mass is 79.9. The number of para-hydroxylation sites is 1. The van der Waals surface area contributed by atoms with E-state index < -0.39 is 10.0 Å². The lowest BCUT2D eigenvalue weighted by molar-refractivity contribution is -0.120. The Bertz CT molecular complexity index is 881. The van der Waals surface area contributed by atoms with Gasteiger partial charge >= 0.3 is 0 Å². The molecule has 1 aliphatic heterocycles. The number of carbonyl (C=O) groups is 1. The Balaban J connectivity index is 1.34. The van der Waals surface area contributed by atoms with E-state index in [0.717, 1.165) is 47.8 Å². The summed E-state index contributed by atoms with van der Waals surface area (Å²) in [5.74, 6) is -0.331. The van der Waals surface area contributed by atoms with Crippen molar-refractivity contribution in [2.24, 2.45) is 0 Å². The summed E-state index contributed by atoms with van der Waals surface area (Å²) in [5, 5.41) is 2.78. The Labute approximate surface area is 177 Å². The second-order valence-corrected chi connectivity index (χ2v) is 10.9. The zero-order chi connectivity index (χ0) is 20.0. The van der Waals surface area contributed by atoms with E-state index >= 15 is 0 Å². The van der Waals surface area contributed by atoms with Crippen LogP contribution in [0.3, 0.4) is 0 Å². The van der Waals surface area contributed by atoms with Gasteiger partial charge in [-0.05, 0) is 40.2 Å². The average Bonchev–Trinajstić information content (AvgIpc) is 3.15. The van der Waals surface area contributed by atoms with Gasteiger partial charge in [0.25, 0.3) is 10.0 Å². The third-order valence-electron chi connectivity index (χ3n) is 4.48. The number of benzene rings is 1. The van der Waals surface area contributed by atoms with E-state index in [2.05, 4.69) is 47.9 Å². The number of halogens is 1. The summed E-state index contributed by atoms with van der Waals surface area (Å²) in [7, 11) is -3.65. The first-order valence-corrected chi connectivity index (χ1v) is 12.1. The second kappa shape index (κ2) is 9.84. The number of thiophene rings is 1. The summed E-state index contributed by atoms with van der Waals surface area (Å²) in [6, 6.07) is 13.5. The molecule has 0 unspecified atom stereocenters. The van der Waals surface area contributed by atoms with Crippen LogP contribution < -0.4 is 14.9 Å². The summed E-state index contributed by atoms with van der Waals surface area (Å²) < 4.78 is 27.4. The first kappa shape index (κ1) is 21.3. The van der Waals surface area contributed by atoms with Gasteiger partial charge in [-0.1, -0.05) is 18.2 Å². The molecule has 1 aromatic heterocycles. The molecule has 0 radical (unpaired) electrons. The van der Waals surface area contributed by atoms with Crippen LogP contribution in [0.4, 0.5) is 5.69 Å². The van der Waals surface area contributed by atoms with E-state index in [4.69, 9.17) is 0 Å². The minimum absolute atomic E-state index is 0.184. The summed E-state index contributed by atoms with van der Waals surface area (Å²) in [4.78, 5) is 16.6. The zero-order valence-corrected chi connectivity index (χ0v) is 18.5. The highest BCUT2D eigenvalue weighted by Gasteiger charge is 2.19. The van der Waals surface area contributed by atoms with E-state index in [-0.39, 0.29) is 16.7 Å². The largest absolute Gasteiger partial charge is 0.369 e. The highest BCUT2D eigenvalue weighted by molar-refractivity contribution is 9.11. The van der Waals surface area contributed by atoms with Gasteiger partial charge in [-0.2, -0.15) is 0 Å².